The van der Waals surface area contributed by atoms with Crippen LogP contribution in [0.15, 0.2) is 0 Å². The van der Waals surface area contributed by atoms with Crippen molar-refractivity contribution >= 4 is 5.97 Å². The van der Waals surface area contributed by atoms with Gasteiger partial charge in [-0.1, -0.05) is 0 Å². The summed E-state index contributed by atoms with van der Waals surface area (Å²) < 4.78 is 0. The average Bonchev–Trinajstić information content (AvgIpc) is 0.811. The smallest absolute Gasteiger partial charge is 0.550 e. The van der Waals surface area contributed by atoms with Crippen LogP contribution in [-0.2, 0) is 21.9 Å². The number of rotatable bonds is 0. The quantitative estimate of drug-likeness (QED) is 0.364. The summed E-state index contributed by atoms with van der Waals surface area (Å²) in [6.45, 7) is 0.972. The van der Waals surface area contributed by atoms with E-state index in [1.54, 1.807) is 0 Å². The molecule has 1 radical (unpaired) electrons. The summed E-state index contributed by atoms with van der Waals surface area (Å²) >= 11 is 0. The molecule has 0 aromatic heterocycles. The fourth-order valence-corrected chi connectivity index (χ4v) is 0. The van der Waals surface area contributed by atoms with Crippen molar-refractivity contribution < 1.29 is 59.8 Å². The number of aliphatic carboxylic acids is 1. The molecule has 0 rings (SSSR count). The molecule has 0 spiro atoms. The molecule has 0 amide bonds. The number of carboxylic acids is 1. The Kier molecular flexibility index (Phi) is 1210. The Morgan fingerprint density at radius 2 is 0.909 bits per heavy atom. The van der Waals surface area contributed by atoms with Crippen molar-refractivity contribution in [2.45, 2.75) is 6.92 Å². The predicted octanol–water partition coefficient (Wildman–Crippen LogP) is -6.19. The molecule has 0 bridgehead atoms. The van der Waals surface area contributed by atoms with Crippen LogP contribution in [-0.4, -0.2) is 38.8 Å². The van der Waals surface area contributed by atoms with Gasteiger partial charge >= 0.3 is 17.1 Å². The van der Waals surface area contributed by atoms with Crippen molar-refractivity contribution in [2.24, 2.45) is 0 Å². The van der Waals surface area contributed by atoms with Crippen LogP contribution in [0.2, 0.25) is 0 Å². The fraction of sp³-hybridized carbons (Fsp3) is 0.500. The van der Waals surface area contributed by atoms with E-state index in [9.17, 15) is 0 Å². The zero-order valence-corrected chi connectivity index (χ0v) is 6.87. The number of carbonyl (C=O) groups is 1. The molecule has 9 heteroatoms. The molecular weight excluding hydrogens is 207 g/mol. The molecule has 77 valence electrons. The second-order valence-corrected chi connectivity index (χ2v) is 0.492. The molecule has 12 N–H and O–H groups in total. The summed E-state index contributed by atoms with van der Waals surface area (Å²) in [6, 6.07) is 0. The molecule has 0 aliphatic rings. The topological polar surface area (TPSA) is 229 Å². The van der Waals surface area contributed by atoms with Gasteiger partial charge in [0, 0.05) is 5.97 Å². The van der Waals surface area contributed by atoms with E-state index in [1.807, 2.05) is 0 Å². The van der Waals surface area contributed by atoms with E-state index in [0.717, 1.165) is 6.92 Å². The van der Waals surface area contributed by atoms with E-state index in [-0.39, 0.29) is 49.9 Å². The standard InChI is InChI=1S/C2H4O2.Mn.6H2O/c1-2(3)4;;;;;;;/h1H3,(H,3,4);;6*1H2/q;+2;;;;;;/p-1. The monoisotopic (exact) mass is 222 g/mol. The molecule has 0 atom stereocenters. The zero-order valence-electron chi connectivity index (χ0n) is 5.69. The van der Waals surface area contributed by atoms with Crippen LogP contribution in [0.1, 0.15) is 6.92 Å². The average molecular weight is 222 g/mol. The van der Waals surface area contributed by atoms with Crippen LogP contribution < -0.4 is 5.11 Å². The van der Waals surface area contributed by atoms with Gasteiger partial charge in [-0.15, -0.1) is 0 Å². The van der Waals surface area contributed by atoms with Gasteiger partial charge in [0.15, 0.2) is 0 Å². The van der Waals surface area contributed by atoms with Gasteiger partial charge in [-0.25, -0.2) is 0 Å². The van der Waals surface area contributed by atoms with Crippen LogP contribution in [0.4, 0.5) is 0 Å². The number of hydrogen-bond acceptors (Lipinski definition) is 2. The molecule has 0 heterocycles. The number of carboxylic acid groups (broad SMARTS) is 1. The van der Waals surface area contributed by atoms with Crippen LogP contribution in [0, 0.1) is 0 Å². The maximum atomic E-state index is 8.89. The summed E-state index contributed by atoms with van der Waals surface area (Å²) in [5.74, 6) is -1.08. The summed E-state index contributed by atoms with van der Waals surface area (Å²) in [7, 11) is 0. The van der Waals surface area contributed by atoms with E-state index < -0.39 is 5.97 Å². The van der Waals surface area contributed by atoms with E-state index in [2.05, 4.69) is 0 Å². The minimum Gasteiger partial charge on any atom is -0.550 e. The number of carbonyl (C=O) groups excluding carboxylic acids is 1. The van der Waals surface area contributed by atoms with Crippen LogP contribution in [0.3, 0.4) is 0 Å². The first-order chi connectivity index (χ1) is 1.73. The Morgan fingerprint density at radius 3 is 0.909 bits per heavy atom. The van der Waals surface area contributed by atoms with Gasteiger partial charge in [-0.2, -0.15) is 0 Å². The van der Waals surface area contributed by atoms with E-state index in [4.69, 9.17) is 9.90 Å². The SMILES string of the molecule is CC(=O)[O-].O.O.O.O.O.O.[Mn+2]. The molecule has 8 nitrogen and oxygen atoms in total. The van der Waals surface area contributed by atoms with Crippen molar-refractivity contribution in [1.29, 1.82) is 0 Å². The predicted molar refractivity (Wildman–Crippen MR) is 32.4 cm³/mol. The fourth-order valence-electron chi connectivity index (χ4n) is 0. The third-order valence-electron chi connectivity index (χ3n) is 0. The van der Waals surface area contributed by atoms with Crippen molar-refractivity contribution in [1.82, 2.24) is 0 Å². The molecule has 0 aromatic carbocycles. The van der Waals surface area contributed by atoms with E-state index >= 15 is 0 Å². The molecule has 0 aromatic rings. The van der Waals surface area contributed by atoms with Gasteiger partial charge in [-0.05, 0) is 6.92 Å². The second kappa shape index (κ2) is 98.7. The van der Waals surface area contributed by atoms with Gasteiger partial charge < -0.3 is 42.8 Å². The van der Waals surface area contributed by atoms with Crippen molar-refractivity contribution in [2.75, 3.05) is 0 Å². The molecule has 11 heavy (non-hydrogen) atoms. The maximum absolute atomic E-state index is 8.89. The van der Waals surface area contributed by atoms with Gasteiger partial charge in [0.2, 0.25) is 0 Å². The van der Waals surface area contributed by atoms with Crippen LogP contribution in [0.5, 0.6) is 0 Å². The Bertz CT molecular complexity index is 35.1. The second-order valence-electron chi connectivity index (χ2n) is 0.492. The Morgan fingerprint density at radius 1 is 0.909 bits per heavy atom. The molecule has 0 saturated heterocycles. The van der Waals surface area contributed by atoms with Crippen molar-refractivity contribution in [3.63, 3.8) is 0 Å². The number of hydrogen-bond donors (Lipinski definition) is 0. The Hall–Kier alpha value is -0.251. The van der Waals surface area contributed by atoms with Crippen LogP contribution >= 0.6 is 0 Å². The van der Waals surface area contributed by atoms with Gasteiger partial charge in [-0.3, -0.25) is 0 Å². The summed E-state index contributed by atoms with van der Waals surface area (Å²) in [5, 5.41) is 8.89. The molecule has 0 aliphatic carbocycles. The first-order valence-electron chi connectivity index (χ1n) is 0.908. The first kappa shape index (κ1) is 135. The zero-order chi connectivity index (χ0) is 3.58. The summed E-state index contributed by atoms with van der Waals surface area (Å²) in [5.41, 5.74) is 0. The minimum absolute atomic E-state index is 0. The normalized spacial score (nSPS) is 2.27. The summed E-state index contributed by atoms with van der Waals surface area (Å²) in [4.78, 5) is 8.89. The van der Waals surface area contributed by atoms with E-state index in [1.165, 1.54) is 0 Å². The van der Waals surface area contributed by atoms with Gasteiger partial charge in [0.25, 0.3) is 0 Å². The van der Waals surface area contributed by atoms with Crippen LogP contribution in [0.25, 0.3) is 0 Å². The van der Waals surface area contributed by atoms with Gasteiger partial charge in [0.1, 0.15) is 0 Å². The van der Waals surface area contributed by atoms with Gasteiger partial charge in [0.05, 0.1) is 0 Å². The third kappa shape index (κ3) is 9330. The Balaban J connectivity index is -0.00000000214. The maximum Gasteiger partial charge on any atom is 2.00 e. The van der Waals surface area contributed by atoms with Crippen molar-refractivity contribution in [3.05, 3.63) is 0 Å². The Labute approximate surface area is 73.5 Å². The minimum atomic E-state index is -1.08. The molecule has 0 aliphatic heterocycles. The van der Waals surface area contributed by atoms with E-state index in [0.29, 0.717) is 0 Å². The molecule has 0 saturated carbocycles. The van der Waals surface area contributed by atoms with Crippen molar-refractivity contribution in [3.8, 4) is 0 Å². The molecule has 0 unspecified atom stereocenters. The molecular formula is C2H15MnO8+. The first-order valence-corrected chi connectivity index (χ1v) is 0.908. The summed E-state index contributed by atoms with van der Waals surface area (Å²) in [6.07, 6.45) is 0. The third-order valence-corrected chi connectivity index (χ3v) is 0. The largest absolute Gasteiger partial charge is 2.00 e. The molecule has 0 fully saturated rings.